The van der Waals surface area contributed by atoms with Gasteiger partial charge in [0.15, 0.2) is 6.10 Å². The van der Waals surface area contributed by atoms with E-state index < -0.39 is 91.5 Å². The number of esters is 3. The zero-order valence-electron chi connectivity index (χ0n) is 64.7. The van der Waals surface area contributed by atoms with Crippen LogP contribution in [0.3, 0.4) is 0 Å². The highest BCUT2D eigenvalue weighted by Gasteiger charge is 2.29. The molecule has 0 radical (unpaired) electrons. The molecule has 4 N–H and O–H groups in total. The lowest BCUT2D eigenvalue weighted by Gasteiger charge is -2.21. The van der Waals surface area contributed by atoms with Crippen LogP contribution < -0.4 is 0 Å². The smallest absolute Gasteiger partial charge is 0.463 e. The minimum Gasteiger partial charge on any atom is -0.463 e. The number of carbonyl (C=O) groups excluding carboxylic acids is 3. The van der Waals surface area contributed by atoms with E-state index in [4.69, 9.17) is 32.3 Å². The van der Waals surface area contributed by atoms with E-state index in [1.807, 2.05) is 0 Å². The molecule has 0 aromatic carbocycles. The van der Waals surface area contributed by atoms with Gasteiger partial charge in [0.25, 0.3) is 0 Å². The standard InChI is InChI=1S/C85H146O16P2/c1-4-7-10-13-16-19-22-24-26-28-30-32-34-35-36-37-38-39-40-41-42-43-45-47-48-50-52-54-57-59-62-65-68-71-83(88)95-74-80(86)75-97-102(91,92)98-76-81(87)77-99-103(93,94)100-79-82(101-85(90)73-70-67-64-61-56-21-18-15-12-9-6-3)78-96-84(89)72-69-66-63-60-58-55-53-51-49-46-44-33-31-29-27-25-23-20-17-14-11-8-5-2/h7,10,15-20,24-27,30-33,35-36,38-39,46,49,80-82,86-87H,4-6,8-9,11-14,21-23,28-29,34,37,40-45,47-48,50-79H2,1-3H3,(H,91,92)(H,93,94)/b10-7-,18-15-,19-16-,20-17-,26-24-,27-25-,32-30-,33-31-,36-35-,39-38-,49-46-. The number of aliphatic hydroxyl groups excluding tert-OH is 2. The number of hydrogen-bond acceptors (Lipinski definition) is 14. The van der Waals surface area contributed by atoms with Crippen LogP contribution in [0, 0.1) is 0 Å². The number of phosphoric ester groups is 2. The molecule has 0 aromatic heterocycles. The molecule has 0 spiro atoms. The van der Waals surface area contributed by atoms with Crippen LogP contribution in [0.25, 0.3) is 0 Å². The zero-order chi connectivity index (χ0) is 75.2. The van der Waals surface area contributed by atoms with E-state index in [-0.39, 0.29) is 19.3 Å². The molecule has 0 fully saturated rings. The lowest BCUT2D eigenvalue weighted by molar-refractivity contribution is -0.161. The Morgan fingerprint density at radius 1 is 0.282 bits per heavy atom. The minimum atomic E-state index is -4.93. The van der Waals surface area contributed by atoms with Crippen molar-refractivity contribution in [2.45, 2.75) is 347 Å². The summed E-state index contributed by atoms with van der Waals surface area (Å²) in [6.45, 7) is 2.48. The molecule has 592 valence electrons. The van der Waals surface area contributed by atoms with Crippen molar-refractivity contribution in [2.75, 3.05) is 39.6 Å². The van der Waals surface area contributed by atoms with E-state index in [0.29, 0.717) is 19.3 Å². The maximum absolute atomic E-state index is 12.9. The molecule has 0 aromatic rings. The minimum absolute atomic E-state index is 0.0901. The molecule has 0 bridgehead atoms. The van der Waals surface area contributed by atoms with E-state index >= 15 is 0 Å². The predicted molar refractivity (Wildman–Crippen MR) is 426 cm³/mol. The molecule has 0 aliphatic carbocycles. The first-order valence-corrected chi connectivity index (χ1v) is 43.5. The van der Waals surface area contributed by atoms with E-state index in [1.165, 1.54) is 103 Å². The van der Waals surface area contributed by atoms with Gasteiger partial charge in [-0.2, -0.15) is 0 Å². The van der Waals surface area contributed by atoms with E-state index in [9.17, 15) is 43.5 Å². The molecule has 5 atom stereocenters. The molecule has 0 rings (SSSR count). The summed E-state index contributed by atoms with van der Waals surface area (Å²) >= 11 is 0. The largest absolute Gasteiger partial charge is 0.472 e. The van der Waals surface area contributed by atoms with Gasteiger partial charge < -0.3 is 34.2 Å². The number of ether oxygens (including phenoxy) is 3. The SMILES string of the molecule is CC/C=C\C/C=C\C/C=C\C/C=C\C/C=C\C/C=C\CCCCCCCCCCCCCCCCC(=O)OCC(O)COP(=O)(O)OCC(O)COP(=O)(O)OCC(COC(=O)CCCCCCCCC/C=C\C/C=C\C/C=C\C/C=C\CCCCC)OC(=O)CCCCCCC/C=C\CCCC. The van der Waals surface area contributed by atoms with Crippen LogP contribution in [-0.4, -0.2) is 95.9 Å². The van der Waals surface area contributed by atoms with Crippen molar-refractivity contribution in [1.82, 2.24) is 0 Å². The quantitative estimate of drug-likeness (QED) is 0.0146. The first-order chi connectivity index (χ1) is 50.2. The summed E-state index contributed by atoms with van der Waals surface area (Å²) in [6.07, 6.45) is 93.8. The van der Waals surface area contributed by atoms with Gasteiger partial charge in [0.05, 0.1) is 26.4 Å². The van der Waals surface area contributed by atoms with Crippen molar-refractivity contribution in [3.63, 3.8) is 0 Å². The number of aliphatic hydroxyl groups is 2. The highest BCUT2D eigenvalue weighted by atomic mass is 31.2. The Bertz CT molecular complexity index is 2410. The average Bonchev–Trinajstić information content (AvgIpc) is 0.914. The monoisotopic (exact) mass is 1490 g/mol. The van der Waals surface area contributed by atoms with E-state index in [2.05, 4.69) is 154 Å². The molecule has 103 heavy (non-hydrogen) atoms. The maximum Gasteiger partial charge on any atom is 0.472 e. The second-order valence-corrected chi connectivity index (χ2v) is 29.7. The van der Waals surface area contributed by atoms with Crippen LogP contribution in [0.2, 0.25) is 0 Å². The van der Waals surface area contributed by atoms with Crippen LogP contribution in [0.5, 0.6) is 0 Å². The van der Waals surface area contributed by atoms with Gasteiger partial charge in [0.2, 0.25) is 0 Å². The van der Waals surface area contributed by atoms with Gasteiger partial charge in [0, 0.05) is 19.3 Å². The molecule has 0 heterocycles. The van der Waals surface area contributed by atoms with Crippen LogP contribution in [0.15, 0.2) is 134 Å². The van der Waals surface area contributed by atoms with E-state index in [0.717, 1.165) is 167 Å². The summed E-state index contributed by atoms with van der Waals surface area (Å²) in [4.78, 5) is 58.6. The van der Waals surface area contributed by atoms with Crippen LogP contribution in [0.1, 0.15) is 329 Å². The Hall–Kier alpha value is -4.31. The summed E-state index contributed by atoms with van der Waals surface area (Å²) in [6, 6.07) is 0. The molecule has 5 unspecified atom stereocenters. The fraction of sp³-hybridized carbons (Fsp3) is 0.706. The Kier molecular flexibility index (Phi) is 74.1. The van der Waals surface area contributed by atoms with Crippen molar-refractivity contribution in [3.05, 3.63) is 134 Å². The van der Waals surface area contributed by atoms with Gasteiger partial charge in [-0.3, -0.25) is 32.5 Å². The highest BCUT2D eigenvalue weighted by Crippen LogP contribution is 2.45. The number of rotatable bonds is 76. The molecular formula is C85H146O16P2. The van der Waals surface area contributed by atoms with Crippen LogP contribution in [0.4, 0.5) is 0 Å². The van der Waals surface area contributed by atoms with E-state index in [1.54, 1.807) is 0 Å². The van der Waals surface area contributed by atoms with Gasteiger partial charge in [-0.15, -0.1) is 0 Å². The molecule has 0 aliphatic rings. The predicted octanol–water partition coefficient (Wildman–Crippen LogP) is 23.9. The van der Waals surface area contributed by atoms with Crippen molar-refractivity contribution < 1.29 is 75.8 Å². The highest BCUT2D eigenvalue weighted by molar-refractivity contribution is 7.47. The topological polar surface area (TPSA) is 231 Å². The third-order valence-corrected chi connectivity index (χ3v) is 18.7. The van der Waals surface area contributed by atoms with Crippen molar-refractivity contribution in [2.24, 2.45) is 0 Å². The normalized spacial score (nSPS) is 14.7. The summed E-state index contributed by atoms with van der Waals surface area (Å²) < 4.78 is 61.1. The second-order valence-electron chi connectivity index (χ2n) is 26.8. The number of hydrogen-bond donors (Lipinski definition) is 4. The number of carbonyl (C=O) groups is 3. The Labute approximate surface area is 626 Å². The third kappa shape index (κ3) is 78.6. The fourth-order valence-electron chi connectivity index (χ4n) is 10.7. The second kappa shape index (κ2) is 77.3. The Morgan fingerprint density at radius 2 is 0.524 bits per heavy atom. The number of phosphoric acid groups is 2. The first-order valence-electron chi connectivity index (χ1n) is 40.5. The summed E-state index contributed by atoms with van der Waals surface area (Å²) in [5.74, 6) is -1.59. The fourth-order valence-corrected chi connectivity index (χ4v) is 12.2. The van der Waals surface area contributed by atoms with Crippen LogP contribution >= 0.6 is 15.6 Å². The molecular weight excluding hydrogens is 1340 g/mol. The van der Waals surface area contributed by atoms with Gasteiger partial charge in [0.1, 0.15) is 25.4 Å². The van der Waals surface area contributed by atoms with Crippen molar-refractivity contribution in [1.29, 1.82) is 0 Å². The molecule has 18 heteroatoms. The molecule has 0 saturated heterocycles. The van der Waals surface area contributed by atoms with Gasteiger partial charge in [-0.05, 0) is 135 Å². The number of unbranched alkanes of at least 4 members (excludes halogenated alkanes) is 31. The summed E-state index contributed by atoms with van der Waals surface area (Å²) in [7, 11) is -9.79. The lowest BCUT2D eigenvalue weighted by atomic mass is 10.0. The zero-order valence-corrected chi connectivity index (χ0v) is 66.5. The molecule has 0 saturated carbocycles. The average molecular weight is 1490 g/mol. The van der Waals surface area contributed by atoms with Crippen molar-refractivity contribution >= 4 is 33.6 Å². The Balaban J connectivity index is 4.40. The maximum atomic E-state index is 12.9. The molecule has 16 nitrogen and oxygen atoms in total. The molecule has 0 aliphatic heterocycles. The first kappa shape index (κ1) is 98.7. The third-order valence-electron chi connectivity index (χ3n) is 16.8. The van der Waals surface area contributed by atoms with Gasteiger partial charge in [-0.25, -0.2) is 9.13 Å². The Morgan fingerprint density at radius 3 is 0.854 bits per heavy atom. The summed E-state index contributed by atoms with van der Waals surface area (Å²) in [5.41, 5.74) is 0. The molecule has 0 amide bonds. The van der Waals surface area contributed by atoms with Gasteiger partial charge >= 0.3 is 33.6 Å². The van der Waals surface area contributed by atoms with Crippen LogP contribution in [-0.2, 0) is 55.8 Å². The lowest BCUT2D eigenvalue weighted by Crippen LogP contribution is -2.30. The van der Waals surface area contributed by atoms with Gasteiger partial charge in [-0.1, -0.05) is 309 Å². The van der Waals surface area contributed by atoms with Crippen molar-refractivity contribution in [3.8, 4) is 0 Å². The summed E-state index contributed by atoms with van der Waals surface area (Å²) in [5, 5.41) is 20.6. The number of allylic oxidation sites excluding steroid dienone is 22.